The number of amides is 1. The van der Waals surface area contributed by atoms with E-state index in [0.29, 0.717) is 13.1 Å². The van der Waals surface area contributed by atoms with E-state index in [0.717, 1.165) is 38.5 Å². The number of rotatable bonds is 6. The van der Waals surface area contributed by atoms with Gasteiger partial charge in [-0.2, -0.15) is 12.7 Å². The van der Waals surface area contributed by atoms with Crippen molar-refractivity contribution in [2.24, 2.45) is 0 Å². The molecule has 1 saturated heterocycles. The average Bonchev–Trinajstić information content (AvgIpc) is 2.77. The van der Waals surface area contributed by atoms with Crippen LogP contribution in [0.5, 0.6) is 0 Å². The molecule has 0 aromatic rings. The summed E-state index contributed by atoms with van der Waals surface area (Å²) >= 11 is 0. The topological polar surface area (TPSA) is 78.5 Å². The summed E-state index contributed by atoms with van der Waals surface area (Å²) in [5.74, 6) is -0.0505. The van der Waals surface area contributed by atoms with Crippen molar-refractivity contribution in [2.75, 3.05) is 19.6 Å². The minimum absolute atomic E-state index is 0.0505. The fraction of sp³-hybridized carbons (Fsp3) is 0.933. The summed E-state index contributed by atoms with van der Waals surface area (Å²) in [7, 11) is -3.43. The molecule has 2 aliphatic rings. The molecule has 0 aromatic carbocycles. The second-order valence-corrected chi connectivity index (χ2v) is 8.12. The van der Waals surface area contributed by atoms with Crippen LogP contribution in [0.1, 0.15) is 64.2 Å². The van der Waals surface area contributed by atoms with E-state index >= 15 is 0 Å². The van der Waals surface area contributed by atoms with Crippen molar-refractivity contribution in [1.29, 1.82) is 0 Å². The van der Waals surface area contributed by atoms with Gasteiger partial charge in [0.05, 0.1) is 0 Å². The number of carbonyl (C=O) groups excluding carboxylic acids is 1. The van der Waals surface area contributed by atoms with Gasteiger partial charge in [0, 0.05) is 32.1 Å². The van der Waals surface area contributed by atoms with Gasteiger partial charge in [-0.1, -0.05) is 32.1 Å². The maximum Gasteiger partial charge on any atom is 0.279 e. The standard InChI is InChI=1S/C15H29N3O3S/c19-15(17-14-8-4-3-5-9-14)10-11-16-22(20,21)18-12-6-1-2-7-13-18/h14,16H,1-13H2,(H,17,19). The van der Waals surface area contributed by atoms with Gasteiger partial charge in [0.25, 0.3) is 10.2 Å². The Balaban J connectivity index is 1.68. The van der Waals surface area contributed by atoms with Crippen LogP contribution in [0, 0.1) is 0 Å². The molecule has 0 aromatic heterocycles. The lowest BCUT2D eigenvalue weighted by Gasteiger charge is -2.23. The van der Waals surface area contributed by atoms with Crippen molar-refractivity contribution in [3.8, 4) is 0 Å². The molecule has 0 unspecified atom stereocenters. The van der Waals surface area contributed by atoms with E-state index in [2.05, 4.69) is 10.0 Å². The Morgan fingerprint density at radius 1 is 0.955 bits per heavy atom. The summed E-state index contributed by atoms with van der Waals surface area (Å²) in [5.41, 5.74) is 0. The molecular weight excluding hydrogens is 302 g/mol. The number of hydrogen-bond donors (Lipinski definition) is 2. The smallest absolute Gasteiger partial charge is 0.279 e. The first kappa shape index (κ1) is 17.7. The molecule has 0 spiro atoms. The lowest BCUT2D eigenvalue weighted by molar-refractivity contribution is -0.121. The molecule has 1 aliphatic carbocycles. The zero-order chi connectivity index (χ0) is 15.8. The molecular formula is C15H29N3O3S. The maximum atomic E-state index is 12.2. The number of nitrogens with one attached hydrogen (secondary N) is 2. The van der Waals surface area contributed by atoms with Crippen LogP contribution in [0.3, 0.4) is 0 Å². The molecule has 2 N–H and O–H groups in total. The second kappa shape index (κ2) is 8.84. The third kappa shape index (κ3) is 5.85. The zero-order valence-corrected chi connectivity index (χ0v) is 14.2. The molecule has 1 aliphatic heterocycles. The van der Waals surface area contributed by atoms with Crippen LogP contribution in [0.25, 0.3) is 0 Å². The molecule has 6 nitrogen and oxygen atoms in total. The van der Waals surface area contributed by atoms with Crippen molar-refractivity contribution in [3.63, 3.8) is 0 Å². The molecule has 1 saturated carbocycles. The molecule has 7 heteroatoms. The number of hydrogen-bond acceptors (Lipinski definition) is 3. The predicted molar refractivity (Wildman–Crippen MR) is 86.6 cm³/mol. The van der Waals surface area contributed by atoms with Crippen LogP contribution in [-0.4, -0.2) is 44.3 Å². The van der Waals surface area contributed by atoms with Crippen LogP contribution < -0.4 is 10.0 Å². The third-order valence-corrected chi connectivity index (χ3v) is 6.13. The van der Waals surface area contributed by atoms with Gasteiger partial charge in [-0.25, -0.2) is 4.72 Å². The fourth-order valence-electron chi connectivity index (χ4n) is 3.21. The normalized spacial score (nSPS) is 22.2. The van der Waals surface area contributed by atoms with Crippen LogP contribution >= 0.6 is 0 Å². The minimum atomic E-state index is -3.43. The highest BCUT2D eigenvalue weighted by atomic mass is 32.2. The first-order chi connectivity index (χ1) is 10.6. The SMILES string of the molecule is O=C(CCNS(=O)(=O)N1CCCCCC1)NC1CCCCC1. The Labute approximate surface area is 134 Å². The molecule has 0 bridgehead atoms. The lowest BCUT2D eigenvalue weighted by Crippen LogP contribution is -2.43. The van der Waals surface area contributed by atoms with E-state index < -0.39 is 10.2 Å². The van der Waals surface area contributed by atoms with Crippen molar-refractivity contribution in [2.45, 2.75) is 70.3 Å². The van der Waals surface area contributed by atoms with Crippen LogP contribution in [0.2, 0.25) is 0 Å². The highest BCUT2D eigenvalue weighted by molar-refractivity contribution is 7.87. The Morgan fingerprint density at radius 3 is 2.18 bits per heavy atom. The van der Waals surface area contributed by atoms with Gasteiger partial charge in [-0.15, -0.1) is 0 Å². The summed E-state index contributed by atoms with van der Waals surface area (Å²) in [4.78, 5) is 11.9. The van der Waals surface area contributed by atoms with Gasteiger partial charge in [-0.05, 0) is 25.7 Å². The van der Waals surface area contributed by atoms with Crippen LogP contribution in [-0.2, 0) is 15.0 Å². The third-order valence-electron chi connectivity index (χ3n) is 4.51. The maximum absolute atomic E-state index is 12.2. The Morgan fingerprint density at radius 2 is 1.55 bits per heavy atom. The van der Waals surface area contributed by atoms with Gasteiger partial charge in [0.1, 0.15) is 0 Å². The number of nitrogens with zero attached hydrogens (tertiary/aromatic N) is 1. The monoisotopic (exact) mass is 331 g/mol. The Hall–Kier alpha value is -0.660. The molecule has 0 atom stereocenters. The summed E-state index contributed by atoms with van der Waals surface area (Å²) in [5, 5.41) is 3.01. The Bertz CT molecular complexity index is 439. The lowest BCUT2D eigenvalue weighted by atomic mass is 9.95. The summed E-state index contributed by atoms with van der Waals surface area (Å²) in [6.45, 7) is 1.35. The molecule has 2 fully saturated rings. The highest BCUT2D eigenvalue weighted by Gasteiger charge is 2.22. The van der Waals surface area contributed by atoms with E-state index in [1.165, 1.54) is 23.6 Å². The predicted octanol–water partition coefficient (Wildman–Crippen LogP) is 1.54. The molecule has 2 rings (SSSR count). The van der Waals surface area contributed by atoms with E-state index in [9.17, 15) is 13.2 Å². The van der Waals surface area contributed by atoms with E-state index in [4.69, 9.17) is 0 Å². The van der Waals surface area contributed by atoms with Gasteiger partial charge in [-0.3, -0.25) is 4.79 Å². The first-order valence-corrected chi connectivity index (χ1v) is 10.1. The average molecular weight is 331 g/mol. The molecule has 1 heterocycles. The zero-order valence-electron chi connectivity index (χ0n) is 13.3. The summed E-state index contributed by atoms with van der Waals surface area (Å²) in [6.07, 6.45) is 9.93. The van der Waals surface area contributed by atoms with Gasteiger partial charge in [0.15, 0.2) is 0 Å². The van der Waals surface area contributed by atoms with Crippen LogP contribution in [0.15, 0.2) is 0 Å². The molecule has 22 heavy (non-hydrogen) atoms. The highest BCUT2D eigenvalue weighted by Crippen LogP contribution is 2.17. The minimum Gasteiger partial charge on any atom is -0.353 e. The molecule has 1 amide bonds. The van der Waals surface area contributed by atoms with E-state index in [1.807, 2.05) is 0 Å². The largest absolute Gasteiger partial charge is 0.353 e. The Kier molecular flexibility index (Phi) is 7.11. The quantitative estimate of drug-likeness (QED) is 0.775. The van der Waals surface area contributed by atoms with Gasteiger partial charge < -0.3 is 5.32 Å². The van der Waals surface area contributed by atoms with Crippen LogP contribution in [0.4, 0.5) is 0 Å². The van der Waals surface area contributed by atoms with Gasteiger partial charge >= 0.3 is 0 Å². The fourth-order valence-corrected chi connectivity index (χ4v) is 4.50. The van der Waals surface area contributed by atoms with Crippen molar-refractivity contribution in [3.05, 3.63) is 0 Å². The molecule has 128 valence electrons. The summed E-state index contributed by atoms with van der Waals surface area (Å²) < 4.78 is 28.5. The van der Waals surface area contributed by atoms with Crippen molar-refractivity contribution in [1.82, 2.24) is 14.3 Å². The first-order valence-electron chi connectivity index (χ1n) is 8.62. The summed E-state index contributed by atoms with van der Waals surface area (Å²) in [6, 6.07) is 0.281. The van der Waals surface area contributed by atoms with E-state index in [1.54, 1.807) is 0 Å². The van der Waals surface area contributed by atoms with Gasteiger partial charge in [0.2, 0.25) is 5.91 Å². The number of carbonyl (C=O) groups is 1. The second-order valence-electron chi connectivity index (χ2n) is 6.37. The van der Waals surface area contributed by atoms with E-state index in [-0.39, 0.29) is 24.9 Å². The molecule has 0 radical (unpaired) electrons. The van der Waals surface area contributed by atoms with Crippen molar-refractivity contribution >= 4 is 16.1 Å². The van der Waals surface area contributed by atoms with Crippen molar-refractivity contribution < 1.29 is 13.2 Å².